The Kier molecular flexibility index (Phi) is 11.2. The fourth-order valence-corrected chi connectivity index (χ4v) is 6.76. The van der Waals surface area contributed by atoms with Gasteiger partial charge in [0.1, 0.15) is 17.3 Å². The number of para-hydroxylation sites is 2. The van der Waals surface area contributed by atoms with Crippen molar-refractivity contribution in [2.24, 2.45) is 0 Å². The number of likely N-dealkylation sites (N-methyl/N-ethyl adjacent to an activating group) is 1. The first-order chi connectivity index (χ1) is 24.6. The van der Waals surface area contributed by atoms with Gasteiger partial charge >= 0.3 is 6.18 Å². The number of hydrogen-bond donors (Lipinski definition) is 2. The van der Waals surface area contributed by atoms with E-state index in [9.17, 15) is 22.4 Å². The van der Waals surface area contributed by atoms with Crippen molar-refractivity contribution in [3.05, 3.63) is 89.9 Å². The predicted octanol–water partition coefficient (Wildman–Crippen LogP) is 7.13. The number of H-pyrrole nitrogens is 1. The Hall–Kier alpha value is -4.98. The number of methoxy groups -OCH3 is 1. The van der Waals surface area contributed by atoms with Crippen molar-refractivity contribution in [2.75, 3.05) is 45.7 Å². The standard InChI is InChI=1S/C37H42F4N8O2/c1-47(35(50)30-22-26(10-13-34(30)51-2)32-23-42-46-45-32)24-27(25-8-11-28(38)12-9-25)14-19-48-20-15-29(16-21-48)43-36-44-31-6-3-4-7-33(31)49(36)18-5-17-37(39,40)41/h3-4,6-13,22-23,27,29H,5,14-21,24H2,1-2H3,(H,43,44)(H,42,45,46). The summed E-state index contributed by atoms with van der Waals surface area (Å²) in [6.07, 6.45) is -1.05. The zero-order valence-electron chi connectivity index (χ0n) is 28.7. The van der Waals surface area contributed by atoms with Gasteiger partial charge in [-0.05, 0) is 80.3 Å². The highest BCUT2D eigenvalue weighted by Crippen LogP contribution is 2.30. The second-order valence-electron chi connectivity index (χ2n) is 13.0. The fourth-order valence-electron chi connectivity index (χ4n) is 6.76. The summed E-state index contributed by atoms with van der Waals surface area (Å²) in [4.78, 5) is 22.6. The lowest BCUT2D eigenvalue weighted by Crippen LogP contribution is -2.40. The normalized spacial score (nSPS) is 14.9. The first-order valence-corrected chi connectivity index (χ1v) is 17.1. The number of hydrogen-bond acceptors (Lipinski definition) is 7. The van der Waals surface area contributed by atoms with Crippen LogP contribution in [0.2, 0.25) is 0 Å². The van der Waals surface area contributed by atoms with Crippen molar-refractivity contribution in [3.8, 4) is 17.0 Å². The molecule has 1 fully saturated rings. The van der Waals surface area contributed by atoms with Gasteiger partial charge < -0.3 is 24.4 Å². The summed E-state index contributed by atoms with van der Waals surface area (Å²) < 4.78 is 60.0. The molecule has 270 valence electrons. The summed E-state index contributed by atoms with van der Waals surface area (Å²) in [5, 5.41) is 14.1. The molecule has 3 aromatic carbocycles. The third-order valence-corrected chi connectivity index (χ3v) is 9.53. The molecule has 1 aliphatic rings. The van der Waals surface area contributed by atoms with Crippen LogP contribution in [-0.2, 0) is 6.54 Å². The van der Waals surface area contributed by atoms with Crippen molar-refractivity contribution >= 4 is 22.9 Å². The summed E-state index contributed by atoms with van der Waals surface area (Å²) >= 11 is 0. The Bertz CT molecular complexity index is 1890. The van der Waals surface area contributed by atoms with Crippen LogP contribution < -0.4 is 10.1 Å². The minimum atomic E-state index is -4.20. The van der Waals surface area contributed by atoms with Gasteiger partial charge in [0.15, 0.2) is 0 Å². The molecule has 1 amide bonds. The highest BCUT2D eigenvalue weighted by Gasteiger charge is 2.28. The third-order valence-electron chi connectivity index (χ3n) is 9.53. The number of alkyl halides is 3. The second kappa shape index (κ2) is 15.9. The molecule has 6 rings (SSSR count). The number of piperidine rings is 1. The van der Waals surface area contributed by atoms with Gasteiger partial charge in [0.2, 0.25) is 5.95 Å². The number of rotatable bonds is 14. The first kappa shape index (κ1) is 35.8. The maximum absolute atomic E-state index is 13.9. The van der Waals surface area contributed by atoms with Gasteiger partial charge in [-0.2, -0.15) is 28.6 Å². The topological polar surface area (TPSA) is 104 Å². The number of ether oxygens (including phenoxy) is 1. The molecule has 5 aromatic rings. The van der Waals surface area contributed by atoms with Crippen molar-refractivity contribution < 1.29 is 27.1 Å². The lowest BCUT2D eigenvalue weighted by atomic mass is 9.93. The predicted molar refractivity (Wildman–Crippen MR) is 187 cm³/mol. The van der Waals surface area contributed by atoms with E-state index < -0.39 is 12.6 Å². The van der Waals surface area contributed by atoms with E-state index in [-0.39, 0.29) is 36.6 Å². The minimum Gasteiger partial charge on any atom is -0.496 e. The Morgan fingerprint density at radius 1 is 1.08 bits per heavy atom. The minimum absolute atomic E-state index is 0.0182. The molecule has 10 nitrogen and oxygen atoms in total. The van der Waals surface area contributed by atoms with E-state index in [1.807, 2.05) is 34.9 Å². The number of fused-ring (bicyclic) bond motifs is 1. The van der Waals surface area contributed by atoms with Crippen LogP contribution in [0.1, 0.15) is 53.9 Å². The molecule has 14 heteroatoms. The van der Waals surface area contributed by atoms with E-state index >= 15 is 0 Å². The van der Waals surface area contributed by atoms with Crippen LogP contribution in [-0.4, -0.2) is 93.2 Å². The molecule has 0 spiro atoms. The molecular weight excluding hydrogens is 664 g/mol. The number of likely N-dealkylation sites (tertiary alicyclic amines) is 1. The van der Waals surface area contributed by atoms with Crippen LogP contribution in [0.4, 0.5) is 23.5 Å². The van der Waals surface area contributed by atoms with Crippen LogP contribution in [0, 0.1) is 5.82 Å². The van der Waals surface area contributed by atoms with Crippen LogP contribution in [0.15, 0.2) is 72.9 Å². The number of halogens is 4. The number of anilines is 1. The molecule has 1 atom stereocenters. The van der Waals surface area contributed by atoms with Gasteiger partial charge in [0, 0.05) is 57.2 Å². The second-order valence-corrected chi connectivity index (χ2v) is 13.0. The number of nitrogens with zero attached hydrogens (tertiary/aromatic N) is 6. The summed E-state index contributed by atoms with van der Waals surface area (Å²) in [5.74, 6) is 0.465. The van der Waals surface area contributed by atoms with Crippen LogP contribution in [0.5, 0.6) is 5.75 Å². The van der Waals surface area contributed by atoms with E-state index in [0.29, 0.717) is 29.5 Å². The molecule has 1 unspecified atom stereocenters. The van der Waals surface area contributed by atoms with E-state index in [0.717, 1.165) is 61.1 Å². The number of carbonyl (C=O) groups excluding carboxylic acids is 1. The Labute approximate surface area is 293 Å². The average Bonchev–Trinajstić information content (AvgIpc) is 3.79. The van der Waals surface area contributed by atoms with Gasteiger partial charge in [0.05, 0.1) is 29.9 Å². The van der Waals surface area contributed by atoms with Crippen LogP contribution in [0.25, 0.3) is 22.3 Å². The number of nitrogens with one attached hydrogen (secondary N) is 2. The average molecular weight is 707 g/mol. The van der Waals surface area contributed by atoms with E-state index in [1.165, 1.54) is 19.2 Å². The van der Waals surface area contributed by atoms with E-state index in [4.69, 9.17) is 9.72 Å². The first-order valence-electron chi connectivity index (χ1n) is 17.1. The summed E-state index contributed by atoms with van der Waals surface area (Å²) in [6, 6.07) is 19.4. The molecule has 0 radical (unpaired) electrons. The lowest BCUT2D eigenvalue weighted by Gasteiger charge is -2.34. The highest BCUT2D eigenvalue weighted by molar-refractivity contribution is 5.98. The van der Waals surface area contributed by atoms with Gasteiger partial charge in [0.25, 0.3) is 5.91 Å². The highest BCUT2D eigenvalue weighted by atomic mass is 19.4. The van der Waals surface area contributed by atoms with Gasteiger partial charge in [-0.1, -0.05) is 24.3 Å². The molecule has 0 saturated carbocycles. The van der Waals surface area contributed by atoms with Crippen molar-refractivity contribution in [1.82, 2.24) is 34.8 Å². The Balaban J connectivity index is 1.09. The zero-order valence-corrected chi connectivity index (χ0v) is 28.7. The van der Waals surface area contributed by atoms with Gasteiger partial charge in [-0.15, -0.1) is 0 Å². The molecule has 2 N–H and O–H groups in total. The smallest absolute Gasteiger partial charge is 0.389 e. The quantitative estimate of drug-likeness (QED) is 0.118. The van der Waals surface area contributed by atoms with E-state index in [1.54, 1.807) is 42.4 Å². The third kappa shape index (κ3) is 9.04. The number of carbonyl (C=O) groups is 1. The van der Waals surface area contributed by atoms with Gasteiger partial charge in [-0.3, -0.25) is 4.79 Å². The maximum Gasteiger partial charge on any atom is 0.389 e. The molecule has 0 aliphatic carbocycles. The van der Waals surface area contributed by atoms with Crippen molar-refractivity contribution in [1.29, 1.82) is 0 Å². The SMILES string of the molecule is COc1ccc(-c2cn[nH]n2)cc1C(=O)N(C)CC(CCN1CCC(Nc2nc3ccccc3n2CCCC(F)(F)F)CC1)c1ccc(F)cc1. The van der Waals surface area contributed by atoms with Crippen molar-refractivity contribution in [2.45, 2.75) is 56.8 Å². The Morgan fingerprint density at radius 2 is 1.84 bits per heavy atom. The number of imidazole rings is 1. The van der Waals surface area contributed by atoms with Gasteiger partial charge in [-0.25, -0.2) is 9.37 Å². The summed E-state index contributed by atoms with van der Waals surface area (Å²) in [7, 11) is 3.28. The monoisotopic (exact) mass is 706 g/mol. The maximum atomic E-state index is 13.9. The molecule has 1 aliphatic heterocycles. The summed E-state index contributed by atoms with van der Waals surface area (Å²) in [5.41, 5.74) is 4.25. The molecule has 51 heavy (non-hydrogen) atoms. The largest absolute Gasteiger partial charge is 0.496 e. The van der Waals surface area contributed by atoms with Crippen molar-refractivity contribution in [3.63, 3.8) is 0 Å². The summed E-state index contributed by atoms with van der Waals surface area (Å²) in [6.45, 7) is 3.05. The fraction of sp³-hybridized carbons (Fsp3) is 0.405. The molecule has 0 bridgehead atoms. The molecule has 3 heterocycles. The Morgan fingerprint density at radius 3 is 2.55 bits per heavy atom. The molecular formula is C37H42F4N8O2. The molecule has 1 saturated heterocycles. The number of amides is 1. The number of aromatic amines is 1. The van der Waals surface area contributed by atoms with E-state index in [2.05, 4.69) is 25.6 Å². The lowest BCUT2D eigenvalue weighted by molar-refractivity contribution is -0.135. The number of aromatic nitrogens is 5. The zero-order chi connectivity index (χ0) is 36.0. The van der Waals surface area contributed by atoms with Crippen LogP contribution in [0.3, 0.4) is 0 Å². The molecule has 2 aromatic heterocycles. The number of aryl methyl sites for hydroxylation is 1. The number of benzene rings is 3. The van der Waals surface area contributed by atoms with Crippen LogP contribution >= 0.6 is 0 Å².